The Kier molecular flexibility index (Phi) is 4.55. The number of aliphatic hydroxyl groups excluding tert-OH is 1. The van der Waals surface area contributed by atoms with Crippen molar-refractivity contribution >= 4 is 16.8 Å². The van der Waals surface area contributed by atoms with Crippen molar-refractivity contribution in [2.24, 2.45) is 7.05 Å². The molecule has 2 atom stereocenters. The number of rotatable bonds is 4. The highest BCUT2D eigenvalue weighted by atomic mass is 19.2. The van der Waals surface area contributed by atoms with Crippen LogP contribution in [0.25, 0.3) is 10.9 Å². The van der Waals surface area contributed by atoms with E-state index in [4.69, 9.17) is 0 Å². The fraction of sp³-hybridized carbons (Fsp3) is 0.211. The number of carbonyl (C=O) groups excluding carboxylic acids is 1. The molecule has 0 aliphatic carbocycles. The van der Waals surface area contributed by atoms with Gasteiger partial charge in [-0.2, -0.15) is 0 Å². The molecule has 0 saturated carbocycles. The highest BCUT2D eigenvalue weighted by Gasteiger charge is 2.21. The molecule has 0 bridgehead atoms. The van der Waals surface area contributed by atoms with Gasteiger partial charge in [0.15, 0.2) is 11.6 Å². The molecule has 1 heterocycles. The number of aromatic nitrogens is 1. The summed E-state index contributed by atoms with van der Waals surface area (Å²) in [6.45, 7) is 1.61. The summed E-state index contributed by atoms with van der Waals surface area (Å²) in [5.74, 6) is -2.36. The van der Waals surface area contributed by atoms with Crippen LogP contribution in [0.5, 0.6) is 0 Å². The summed E-state index contributed by atoms with van der Waals surface area (Å²) in [7, 11) is 1.89. The normalized spacial score (nSPS) is 13.6. The van der Waals surface area contributed by atoms with Gasteiger partial charge in [-0.15, -0.1) is 0 Å². The van der Waals surface area contributed by atoms with E-state index >= 15 is 0 Å². The van der Waals surface area contributed by atoms with E-state index in [2.05, 4.69) is 5.32 Å². The second-order valence-corrected chi connectivity index (χ2v) is 6.05. The molecule has 1 aromatic heterocycles. The van der Waals surface area contributed by atoms with Gasteiger partial charge in [-0.25, -0.2) is 8.78 Å². The van der Waals surface area contributed by atoms with Crippen LogP contribution in [0.3, 0.4) is 0 Å². The van der Waals surface area contributed by atoms with Gasteiger partial charge in [0.2, 0.25) is 0 Å². The zero-order valence-electron chi connectivity index (χ0n) is 13.8. The van der Waals surface area contributed by atoms with Crippen LogP contribution in [0.2, 0.25) is 0 Å². The smallest absolute Gasteiger partial charge is 0.252 e. The molecule has 0 aliphatic heterocycles. The Morgan fingerprint density at radius 1 is 1.16 bits per heavy atom. The van der Waals surface area contributed by atoms with Gasteiger partial charge in [0.25, 0.3) is 5.91 Å². The summed E-state index contributed by atoms with van der Waals surface area (Å²) in [6, 6.07) is 9.74. The highest BCUT2D eigenvalue weighted by molar-refractivity contribution is 6.06. The fourth-order valence-electron chi connectivity index (χ4n) is 2.85. The van der Waals surface area contributed by atoms with Crippen LogP contribution >= 0.6 is 0 Å². The number of aryl methyl sites for hydroxylation is 1. The number of fused-ring (bicyclic) bond motifs is 1. The van der Waals surface area contributed by atoms with Crippen LogP contribution < -0.4 is 5.32 Å². The van der Waals surface area contributed by atoms with Crippen LogP contribution in [-0.2, 0) is 7.05 Å². The second kappa shape index (κ2) is 6.64. The van der Waals surface area contributed by atoms with Crippen LogP contribution in [-0.4, -0.2) is 21.6 Å². The summed E-state index contributed by atoms with van der Waals surface area (Å²) in [5.41, 5.74) is 1.61. The first kappa shape index (κ1) is 17.1. The highest BCUT2D eigenvalue weighted by Crippen LogP contribution is 2.22. The van der Waals surface area contributed by atoms with Crippen LogP contribution in [0.1, 0.15) is 28.9 Å². The van der Waals surface area contributed by atoms with E-state index in [1.165, 1.54) is 6.07 Å². The Bertz CT molecular complexity index is 936. The molecule has 2 aromatic carbocycles. The first-order chi connectivity index (χ1) is 11.9. The summed E-state index contributed by atoms with van der Waals surface area (Å²) in [6.07, 6.45) is 0.704. The zero-order chi connectivity index (χ0) is 18.1. The van der Waals surface area contributed by atoms with Crippen molar-refractivity contribution in [2.75, 3.05) is 0 Å². The van der Waals surface area contributed by atoms with E-state index in [9.17, 15) is 18.7 Å². The lowest BCUT2D eigenvalue weighted by atomic mass is 10.0. The van der Waals surface area contributed by atoms with Gasteiger partial charge in [0, 0.05) is 29.7 Å². The van der Waals surface area contributed by atoms with Gasteiger partial charge in [-0.05, 0) is 42.8 Å². The third-order valence-electron chi connectivity index (χ3n) is 4.29. The maximum atomic E-state index is 13.3. The average molecular weight is 344 g/mol. The van der Waals surface area contributed by atoms with E-state index in [0.29, 0.717) is 5.56 Å². The lowest BCUT2D eigenvalue weighted by Gasteiger charge is -2.21. The van der Waals surface area contributed by atoms with E-state index in [1.54, 1.807) is 19.1 Å². The first-order valence-corrected chi connectivity index (χ1v) is 7.86. The number of hydrogen-bond donors (Lipinski definition) is 2. The Morgan fingerprint density at radius 3 is 2.64 bits per heavy atom. The minimum absolute atomic E-state index is 0.199. The minimum Gasteiger partial charge on any atom is -0.386 e. The molecule has 3 aromatic rings. The molecule has 3 rings (SSSR count). The molecule has 2 N–H and O–H groups in total. The predicted octanol–water partition coefficient (Wildman–Crippen LogP) is 3.31. The molecule has 0 radical (unpaired) electrons. The Morgan fingerprint density at radius 2 is 1.92 bits per heavy atom. The zero-order valence-corrected chi connectivity index (χ0v) is 13.8. The molecule has 0 spiro atoms. The number of amides is 1. The molecule has 1 amide bonds. The van der Waals surface area contributed by atoms with Crippen molar-refractivity contribution in [2.45, 2.75) is 19.1 Å². The fourth-order valence-corrected chi connectivity index (χ4v) is 2.85. The molecular formula is C19H18F2N2O2. The van der Waals surface area contributed by atoms with Crippen molar-refractivity contribution in [3.63, 3.8) is 0 Å². The van der Waals surface area contributed by atoms with Crippen LogP contribution in [0.4, 0.5) is 8.78 Å². The van der Waals surface area contributed by atoms with Crippen LogP contribution in [0.15, 0.2) is 48.7 Å². The molecule has 2 unspecified atom stereocenters. The van der Waals surface area contributed by atoms with Gasteiger partial charge in [-0.3, -0.25) is 4.79 Å². The minimum atomic E-state index is -1.16. The van der Waals surface area contributed by atoms with E-state index in [0.717, 1.165) is 23.0 Å². The number of aliphatic hydroxyl groups is 1. The Hall–Kier alpha value is -2.73. The van der Waals surface area contributed by atoms with E-state index in [-0.39, 0.29) is 11.5 Å². The average Bonchev–Trinajstić information content (AvgIpc) is 2.98. The number of hydrogen-bond acceptors (Lipinski definition) is 2. The number of halogens is 2. The standard InChI is InChI=1S/C19H18F2N2O2/c1-11(18(24)12-6-7-15(20)16(21)10-12)22-19(25)14-4-3-5-17-13(14)8-9-23(17)2/h3-11,18,24H,1-2H3,(H,22,25). The van der Waals surface area contributed by atoms with Crippen LogP contribution in [0, 0.1) is 11.6 Å². The third-order valence-corrected chi connectivity index (χ3v) is 4.29. The quantitative estimate of drug-likeness (QED) is 0.763. The van der Waals surface area contributed by atoms with E-state index < -0.39 is 23.8 Å². The van der Waals surface area contributed by atoms with Crippen molar-refractivity contribution in [1.82, 2.24) is 9.88 Å². The van der Waals surface area contributed by atoms with E-state index in [1.807, 2.05) is 29.9 Å². The third kappa shape index (κ3) is 3.25. The topological polar surface area (TPSA) is 54.3 Å². The molecule has 0 saturated heterocycles. The summed E-state index contributed by atoms with van der Waals surface area (Å²) < 4.78 is 28.3. The Labute approximate surface area is 143 Å². The molecule has 6 heteroatoms. The maximum Gasteiger partial charge on any atom is 0.252 e. The maximum absolute atomic E-state index is 13.3. The number of benzene rings is 2. The largest absolute Gasteiger partial charge is 0.386 e. The van der Waals surface area contributed by atoms with Crippen molar-refractivity contribution in [3.8, 4) is 0 Å². The lowest BCUT2D eigenvalue weighted by Crippen LogP contribution is -2.37. The van der Waals surface area contributed by atoms with Crippen molar-refractivity contribution in [3.05, 3.63) is 71.4 Å². The Balaban J connectivity index is 1.80. The van der Waals surface area contributed by atoms with Crippen molar-refractivity contribution in [1.29, 1.82) is 0 Å². The SMILES string of the molecule is CC(NC(=O)c1cccc2c1ccn2C)C(O)c1ccc(F)c(F)c1. The molecule has 0 fully saturated rings. The molecular weight excluding hydrogens is 326 g/mol. The lowest BCUT2D eigenvalue weighted by molar-refractivity contribution is 0.0853. The molecule has 25 heavy (non-hydrogen) atoms. The van der Waals surface area contributed by atoms with Gasteiger partial charge in [0.1, 0.15) is 0 Å². The first-order valence-electron chi connectivity index (χ1n) is 7.86. The summed E-state index contributed by atoms with van der Waals surface area (Å²) in [5, 5.41) is 13.8. The molecule has 130 valence electrons. The monoisotopic (exact) mass is 344 g/mol. The van der Waals surface area contributed by atoms with Crippen molar-refractivity contribution < 1.29 is 18.7 Å². The van der Waals surface area contributed by atoms with Gasteiger partial charge < -0.3 is 15.0 Å². The number of nitrogens with one attached hydrogen (secondary N) is 1. The van der Waals surface area contributed by atoms with Gasteiger partial charge >= 0.3 is 0 Å². The predicted molar refractivity (Wildman–Crippen MR) is 91.2 cm³/mol. The number of nitrogens with zero attached hydrogens (tertiary/aromatic N) is 1. The van der Waals surface area contributed by atoms with Gasteiger partial charge in [-0.1, -0.05) is 12.1 Å². The number of carbonyl (C=O) groups is 1. The summed E-state index contributed by atoms with van der Waals surface area (Å²) in [4.78, 5) is 12.6. The second-order valence-electron chi connectivity index (χ2n) is 6.05. The summed E-state index contributed by atoms with van der Waals surface area (Å²) >= 11 is 0. The molecule has 0 aliphatic rings. The van der Waals surface area contributed by atoms with Gasteiger partial charge in [0.05, 0.1) is 12.1 Å². The molecule has 4 nitrogen and oxygen atoms in total.